The SMILES string of the molecule is COP(=O)(OC)c1cn(C2CCCCC2)n(-c2ccc(Cl)cc2)c1=O. The van der Waals surface area contributed by atoms with E-state index in [2.05, 4.69) is 0 Å². The second-order valence-electron chi connectivity index (χ2n) is 6.14. The third kappa shape index (κ3) is 3.49. The van der Waals surface area contributed by atoms with Gasteiger partial charge >= 0.3 is 7.60 Å². The van der Waals surface area contributed by atoms with E-state index in [1.807, 2.05) is 4.68 Å². The molecule has 8 heteroatoms. The number of aromatic nitrogens is 2. The summed E-state index contributed by atoms with van der Waals surface area (Å²) in [5.41, 5.74) is 0.282. The maximum absolute atomic E-state index is 13.1. The Morgan fingerprint density at radius 1 is 1.08 bits per heavy atom. The Bertz CT molecular complexity index is 829. The quantitative estimate of drug-likeness (QED) is 0.733. The van der Waals surface area contributed by atoms with Gasteiger partial charge in [-0.1, -0.05) is 30.9 Å². The van der Waals surface area contributed by atoms with Crippen molar-refractivity contribution in [1.82, 2.24) is 9.36 Å². The third-order valence-electron chi connectivity index (χ3n) is 4.69. The molecule has 0 spiro atoms. The number of hydrogen-bond acceptors (Lipinski definition) is 4. The van der Waals surface area contributed by atoms with Gasteiger partial charge in [-0.2, -0.15) is 0 Å². The Kier molecular flexibility index (Phi) is 5.54. The highest BCUT2D eigenvalue weighted by Gasteiger charge is 2.33. The standard InChI is InChI=1S/C17H22ClN2O4P/c1-23-25(22,24-2)16-12-19(14-6-4-3-5-7-14)20(17(16)21)15-10-8-13(18)9-11-15/h8-12,14H,3-7H2,1-2H3. The number of hydrogen-bond donors (Lipinski definition) is 0. The molecular weight excluding hydrogens is 363 g/mol. The van der Waals surface area contributed by atoms with E-state index in [4.69, 9.17) is 20.6 Å². The van der Waals surface area contributed by atoms with Gasteiger partial charge in [0.2, 0.25) is 0 Å². The van der Waals surface area contributed by atoms with E-state index in [0.29, 0.717) is 10.7 Å². The van der Waals surface area contributed by atoms with Crippen molar-refractivity contribution in [3.05, 3.63) is 45.8 Å². The maximum atomic E-state index is 13.1. The van der Waals surface area contributed by atoms with Crippen molar-refractivity contribution in [2.45, 2.75) is 38.1 Å². The van der Waals surface area contributed by atoms with Crippen molar-refractivity contribution >= 4 is 24.5 Å². The highest BCUT2D eigenvalue weighted by Crippen LogP contribution is 2.44. The molecule has 1 aromatic carbocycles. The molecule has 3 rings (SSSR count). The van der Waals surface area contributed by atoms with Gasteiger partial charge in [0, 0.05) is 25.4 Å². The monoisotopic (exact) mass is 384 g/mol. The molecule has 1 aliphatic rings. The molecule has 0 bridgehead atoms. The first-order chi connectivity index (χ1) is 12.0. The molecule has 1 aliphatic carbocycles. The number of nitrogens with zero attached hydrogens (tertiary/aromatic N) is 2. The van der Waals surface area contributed by atoms with Crippen LogP contribution in [0, 0.1) is 0 Å². The first-order valence-corrected chi connectivity index (χ1v) is 10.2. The molecule has 1 heterocycles. The van der Waals surface area contributed by atoms with Crippen LogP contribution in [-0.2, 0) is 13.6 Å². The van der Waals surface area contributed by atoms with Crippen molar-refractivity contribution in [3.63, 3.8) is 0 Å². The van der Waals surface area contributed by atoms with Crippen molar-refractivity contribution < 1.29 is 13.6 Å². The second kappa shape index (κ2) is 7.50. The highest BCUT2D eigenvalue weighted by molar-refractivity contribution is 7.62. The molecule has 2 aromatic rings. The molecule has 1 aromatic heterocycles. The largest absolute Gasteiger partial charge is 0.368 e. The van der Waals surface area contributed by atoms with Crippen LogP contribution < -0.4 is 10.9 Å². The van der Waals surface area contributed by atoms with Crippen LogP contribution in [0.25, 0.3) is 5.69 Å². The zero-order valence-electron chi connectivity index (χ0n) is 14.4. The Labute approximate surface area is 151 Å². The molecular formula is C17H22ClN2O4P. The minimum atomic E-state index is -3.64. The van der Waals surface area contributed by atoms with E-state index in [1.165, 1.54) is 20.6 Å². The highest BCUT2D eigenvalue weighted by atomic mass is 35.5. The van der Waals surface area contributed by atoms with Gasteiger partial charge in [-0.25, -0.2) is 4.68 Å². The predicted octanol–water partition coefficient (Wildman–Crippen LogP) is 3.91. The van der Waals surface area contributed by atoms with Gasteiger partial charge in [-0.15, -0.1) is 0 Å². The summed E-state index contributed by atoms with van der Waals surface area (Å²) in [6.07, 6.45) is 7.00. The van der Waals surface area contributed by atoms with E-state index in [9.17, 15) is 9.36 Å². The maximum Gasteiger partial charge on any atom is 0.368 e. The van der Waals surface area contributed by atoms with E-state index < -0.39 is 7.60 Å². The smallest absolute Gasteiger partial charge is 0.308 e. The summed E-state index contributed by atoms with van der Waals surface area (Å²) in [6.45, 7) is 0. The summed E-state index contributed by atoms with van der Waals surface area (Å²) in [5, 5.41) is 0.644. The predicted molar refractivity (Wildman–Crippen MR) is 98.4 cm³/mol. The molecule has 0 aliphatic heterocycles. The van der Waals surface area contributed by atoms with E-state index in [1.54, 1.807) is 35.1 Å². The minimum absolute atomic E-state index is 0.0537. The van der Waals surface area contributed by atoms with Crippen LogP contribution in [0.1, 0.15) is 38.1 Å². The lowest BCUT2D eigenvalue weighted by molar-refractivity contribution is 0.287. The fourth-order valence-electron chi connectivity index (χ4n) is 3.36. The fourth-order valence-corrected chi connectivity index (χ4v) is 4.62. The van der Waals surface area contributed by atoms with Crippen LogP contribution in [0.15, 0.2) is 35.3 Å². The molecule has 0 unspecified atom stereocenters. The van der Waals surface area contributed by atoms with Crippen molar-refractivity contribution in [2.24, 2.45) is 0 Å². The Hall–Kier alpha value is -1.33. The molecule has 0 radical (unpaired) electrons. The van der Waals surface area contributed by atoms with Gasteiger partial charge in [0.15, 0.2) is 0 Å². The summed E-state index contributed by atoms with van der Waals surface area (Å²) in [5.74, 6) is 0. The summed E-state index contributed by atoms with van der Waals surface area (Å²) < 4.78 is 26.3. The van der Waals surface area contributed by atoms with Crippen LogP contribution in [-0.4, -0.2) is 23.6 Å². The molecule has 1 saturated carbocycles. The van der Waals surface area contributed by atoms with Crippen LogP contribution >= 0.6 is 19.2 Å². The van der Waals surface area contributed by atoms with Crippen LogP contribution in [0.4, 0.5) is 0 Å². The summed E-state index contributed by atoms with van der Waals surface area (Å²) >= 11 is 5.97. The molecule has 0 saturated heterocycles. The summed E-state index contributed by atoms with van der Waals surface area (Å²) in [7, 11) is -1.07. The Morgan fingerprint density at radius 2 is 1.68 bits per heavy atom. The molecule has 0 amide bonds. The lowest BCUT2D eigenvalue weighted by atomic mass is 9.96. The molecule has 25 heavy (non-hydrogen) atoms. The van der Waals surface area contributed by atoms with E-state index in [-0.39, 0.29) is 16.9 Å². The third-order valence-corrected chi connectivity index (χ3v) is 6.80. The summed E-state index contributed by atoms with van der Waals surface area (Å²) in [4.78, 5) is 13.1. The molecule has 1 fully saturated rings. The zero-order valence-corrected chi connectivity index (χ0v) is 16.0. The van der Waals surface area contributed by atoms with Crippen molar-refractivity contribution in [2.75, 3.05) is 14.2 Å². The molecule has 0 atom stereocenters. The van der Waals surface area contributed by atoms with Crippen LogP contribution in [0.3, 0.4) is 0 Å². The van der Waals surface area contributed by atoms with Crippen molar-refractivity contribution in [3.8, 4) is 5.69 Å². The molecule has 6 nitrogen and oxygen atoms in total. The molecule has 136 valence electrons. The fraction of sp³-hybridized carbons (Fsp3) is 0.471. The minimum Gasteiger partial charge on any atom is -0.308 e. The van der Waals surface area contributed by atoms with Gasteiger partial charge in [-0.3, -0.25) is 14.0 Å². The first-order valence-electron chi connectivity index (χ1n) is 8.32. The lowest BCUT2D eigenvalue weighted by Gasteiger charge is -2.25. The topological polar surface area (TPSA) is 62.5 Å². The second-order valence-corrected chi connectivity index (χ2v) is 8.79. The van der Waals surface area contributed by atoms with Gasteiger partial charge in [0.25, 0.3) is 5.56 Å². The lowest BCUT2D eigenvalue weighted by Crippen LogP contribution is -2.30. The van der Waals surface area contributed by atoms with Crippen LogP contribution in [0.2, 0.25) is 5.02 Å². The normalized spacial score (nSPS) is 16.3. The average Bonchev–Trinajstić information content (AvgIpc) is 3.00. The average molecular weight is 385 g/mol. The first kappa shape index (κ1) is 18.5. The van der Waals surface area contributed by atoms with E-state index in [0.717, 1.165) is 25.7 Å². The Morgan fingerprint density at radius 3 is 2.24 bits per heavy atom. The van der Waals surface area contributed by atoms with Crippen molar-refractivity contribution in [1.29, 1.82) is 0 Å². The number of benzene rings is 1. The number of halogens is 1. The van der Waals surface area contributed by atoms with Gasteiger partial charge in [0.05, 0.1) is 11.7 Å². The van der Waals surface area contributed by atoms with E-state index >= 15 is 0 Å². The molecule has 0 N–H and O–H groups in total. The van der Waals surface area contributed by atoms with Gasteiger partial charge in [0.1, 0.15) is 5.30 Å². The van der Waals surface area contributed by atoms with Gasteiger partial charge in [-0.05, 0) is 37.1 Å². The van der Waals surface area contributed by atoms with Crippen LogP contribution in [0.5, 0.6) is 0 Å². The van der Waals surface area contributed by atoms with Gasteiger partial charge < -0.3 is 9.05 Å². The zero-order chi connectivity index (χ0) is 18.0. The Balaban J connectivity index is 2.20. The number of rotatable bonds is 5. The summed E-state index contributed by atoms with van der Waals surface area (Å²) in [6, 6.07) is 7.18.